The van der Waals surface area contributed by atoms with Gasteiger partial charge in [0, 0.05) is 13.2 Å². The summed E-state index contributed by atoms with van der Waals surface area (Å²) in [6.07, 6.45) is 2.63. The van der Waals surface area contributed by atoms with Crippen LogP contribution in [0.5, 0.6) is 0 Å². The van der Waals surface area contributed by atoms with Crippen LogP contribution in [0.15, 0.2) is 46.4 Å². The van der Waals surface area contributed by atoms with Crippen LogP contribution < -0.4 is 10.5 Å². The molecule has 0 spiro atoms. The molecule has 1 aromatic rings. The van der Waals surface area contributed by atoms with E-state index in [2.05, 4.69) is 9.71 Å². The Balaban J connectivity index is 2.83. The molecule has 92 valence electrons. The van der Waals surface area contributed by atoms with E-state index < -0.39 is 10.0 Å². The summed E-state index contributed by atoms with van der Waals surface area (Å²) in [6.45, 7) is 1.89. The molecular formula is C11H15N3O2S. The molecule has 0 atom stereocenters. The number of aliphatic imine (C=N–C) groups is 1. The smallest absolute Gasteiger partial charge is 0.261 e. The van der Waals surface area contributed by atoms with Crippen molar-refractivity contribution < 1.29 is 8.42 Å². The lowest BCUT2D eigenvalue weighted by atomic mass is 10.2. The van der Waals surface area contributed by atoms with Gasteiger partial charge in [-0.15, -0.1) is 0 Å². The number of sulfonamides is 1. The Hall–Kier alpha value is -1.82. The van der Waals surface area contributed by atoms with Crippen LogP contribution in [-0.4, -0.2) is 21.3 Å². The van der Waals surface area contributed by atoms with Crippen molar-refractivity contribution in [1.29, 1.82) is 0 Å². The second kappa shape index (κ2) is 5.49. The average molecular weight is 253 g/mol. The Bertz CT molecular complexity index is 530. The molecule has 0 radical (unpaired) electrons. The van der Waals surface area contributed by atoms with E-state index in [1.165, 1.54) is 19.3 Å². The molecule has 0 aliphatic rings. The van der Waals surface area contributed by atoms with Gasteiger partial charge in [0.05, 0.1) is 4.90 Å². The molecule has 0 fully saturated rings. The van der Waals surface area contributed by atoms with Crippen molar-refractivity contribution in [1.82, 2.24) is 4.72 Å². The molecule has 0 bridgehead atoms. The van der Waals surface area contributed by atoms with E-state index in [0.29, 0.717) is 0 Å². The van der Waals surface area contributed by atoms with Gasteiger partial charge in [0.15, 0.2) is 0 Å². The van der Waals surface area contributed by atoms with Gasteiger partial charge in [-0.3, -0.25) is 9.71 Å². The molecular weight excluding hydrogens is 238 g/mol. The highest BCUT2D eigenvalue weighted by atomic mass is 32.2. The zero-order valence-corrected chi connectivity index (χ0v) is 10.5. The maximum Gasteiger partial charge on any atom is 0.261 e. The third-order valence-electron chi connectivity index (χ3n) is 2.07. The quantitative estimate of drug-likeness (QED) is 0.614. The molecule has 17 heavy (non-hydrogen) atoms. The van der Waals surface area contributed by atoms with E-state index in [-0.39, 0.29) is 10.7 Å². The number of nitrogens with zero attached hydrogens (tertiary/aromatic N) is 1. The minimum absolute atomic E-state index is 0.208. The predicted molar refractivity (Wildman–Crippen MR) is 68.2 cm³/mol. The largest absolute Gasteiger partial charge is 0.384 e. The second-order valence-electron chi connectivity index (χ2n) is 3.42. The normalized spacial score (nSPS) is 12.9. The average Bonchev–Trinajstić information content (AvgIpc) is 2.29. The summed E-state index contributed by atoms with van der Waals surface area (Å²) in [4.78, 5) is 3.87. The minimum atomic E-state index is -3.53. The fraction of sp³-hybridized carbons (Fsp3) is 0.182. The number of rotatable bonds is 4. The Morgan fingerprint density at radius 3 is 2.47 bits per heavy atom. The summed E-state index contributed by atoms with van der Waals surface area (Å²) in [6, 6.07) is 6.56. The Morgan fingerprint density at radius 2 is 1.94 bits per heavy atom. The summed E-state index contributed by atoms with van der Waals surface area (Å²) in [5.41, 5.74) is 6.39. The number of hydrogen-bond donors (Lipinski definition) is 2. The molecule has 0 saturated carbocycles. The first kappa shape index (κ1) is 13.2. The van der Waals surface area contributed by atoms with Crippen molar-refractivity contribution in [3.63, 3.8) is 0 Å². The van der Waals surface area contributed by atoms with Crippen molar-refractivity contribution in [3.05, 3.63) is 42.1 Å². The highest BCUT2D eigenvalue weighted by Gasteiger charge is 2.10. The number of hydrogen-bond acceptors (Lipinski definition) is 3. The van der Waals surface area contributed by atoms with Gasteiger partial charge in [0.1, 0.15) is 5.84 Å². The first-order valence-corrected chi connectivity index (χ1v) is 6.42. The number of benzene rings is 1. The molecule has 1 rings (SSSR count). The van der Waals surface area contributed by atoms with Crippen LogP contribution in [0, 0.1) is 6.92 Å². The lowest BCUT2D eigenvalue weighted by Gasteiger charge is -2.03. The molecule has 0 aromatic heterocycles. The Labute approximate surface area is 101 Å². The van der Waals surface area contributed by atoms with Crippen LogP contribution in [0.3, 0.4) is 0 Å². The van der Waals surface area contributed by atoms with Gasteiger partial charge in [-0.1, -0.05) is 17.7 Å². The molecule has 0 saturated heterocycles. The lowest BCUT2D eigenvalue weighted by molar-refractivity contribution is 0.590. The minimum Gasteiger partial charge on any atom is -0.384 e. The van der Waals surface area contributed by atoms with E-state index in [1.807, 2.05) is 6.92 Å². The Morgan fingerprint density at radius 1 is 1.35 bits per heavy atom. The van der Waals surface area contributed by atoms with Crippen LogP contribution in [-0.2, 0) is 10.0 Å². The van der Waals surface area contributed by atoms with Crippen LogP contribution >= 0.6 is 0 Å². The second-order valence-corrected chi connectivity index (χ2v) is 5.13. The SMILES string of the molecule is CN=C(N)C=CNS(=O)(=O)c1ccc(C)cc1. The standard InChI is InChI=1S/C11H15N3O2S/c1-9-3-5-10(6-4-9)17(15,16)14-8-7-11(12)13-2/h3-8,14H,1-2H3,(H2,12,13). The number of nitrogens with one attached hydrogen (secondary N) is 1. The van der Waals surface area contributed by atoms with Crippen LogP contribution in [0.2, 0.25) is 0 Å². The molecule has 0 amide bonds. The molecule has 0 aliphatic carbocycles. The van der Waals surface area contributed by atoms with Crippen LogP contribution in [0.4, 0.5) is 0 Å². The Kier molecular flexibility index (Phi) is 4.28. The predicted octanol–water partition coefficient (Wildman–Crippen LogP) is 0.774. The summed E-state index contributed by atoms with van der Waals surface area (Å²) in [7, 11) is -2.01. The van der Waals surface area contributed by atoms with E-state index in [4.69, 9.17) is 5.73 Å². The van der Waals surface area contributed by atoms with E-state index in [1.54, 1.807) is 24.3 Å². The van der Waals surface area contributed by atoms with Crippen molar-refractivity contribution in [2.45, 2.75) is 11.8 Å². The maximum atomic E-state index is 11.8. The van der Waals surface area contributed by atoms with E-state index in [9.17, 15) is 8.42 Å². The van der Waals surface area contributed by atoms with Crippen molar-refractivity contribution in [2.75, 3.05) is 7.05 Å². The summed E-state index contributed by atoms with van der Waals surface area (Å²) in [5, 5.41) is 0. The third-order valence-corrected chi connectivity index (χ3v) is 3.41. The molecule has 0 unspecified atom stereocenters. The van der Waals surface area contributed by atoms with Crippen LogP contribution in [0.1, 0.15) is 5.56 Å². The van der Waals surface area contributed by atoms with Crippen molar-refractivity contribution >= 4 is 15.9 Å². The maximum absolute atomic E-state index is 11.8. The number of nitrogens with two attached hydrogens (primary N) is 1. The van der Waals surface area contributed by atoms with E-state index >= 15 is 0 Å². The van der Waals surface area contributed by atoms with Gasteiger partial charge >= 0.3 is 0 Å². The zero-order chi connectivity index (χ0) is 12.9. The molecule has 0 aliphatic heterocycles. The van der Waals surface area contributed by atoms with E-state index in [0.717, 1.165) is 5.56 Å². The zero-order valence-electron chi connectivity index (χ0n) is 9.71. The topological polar surface area (TPSA) is 84.5 Å². The van der Waals surface area contributed by atoms with Gasteiger partial charge in [-0.25, -0.2) is 8.42 Å². The number of aryl methyl sites for hydroxylation is 1. The third kappa shape index (κ3) is 3.92. The summed E-state index contributed by atoms with van der Waals surface area (Å²) >= 11 is 0. The first-order chi connectivity index (χ1) is 7.95. The van der Waals surface area contributed by atoms with Gasteiger partial charge in [-0.2, -0.15) is 0 Å². The fourth-order valence-electron chi connectivity index (χ4n) is 1.07. The molecule has 0 heterocycles. The van der Waals surface area contributed by atoms with Crippen molar-refractivity contribution in [3.8, 4) is 0 Å². The fourth-order valence-corrected chi connectivity index (χ4v) is 1.95. The molecule has 6 heteroatoms. The number of amidine groups is 1. The molecule has 1 aromatic carbocycles. The van der Waals surface area contributed by atoms with Gasteiger partial charge in [0.2, 0.25) is 0 Å². The first-order valence-electron chi connectivity index (χ1n) is 4.93. The monoisotopic (exact) mass is 253 g/mol. The highest BCUT2D eigenvalue weighted by Crippen LogP contribution is 2.09. The molecule has 3 N–H and O–H groups in total. The summed E-state index contributed by atoms with van der Waals surface area (Å²) < 4.78 is 25.8. The van der Waals surface area contributed by atoms with Crippen LogP contribution in [0.25, 0.3) is 0 Å². The summed E-state index contributed by atoms with van der Waals surface area (Å²) in [5.74, 6) is 0.247. The van der Waals surface area contributed by atoms with Gasteiger partial charge < -0.3 is 5.73 Å². The van der Waals surface area contributed by atoms with Gasteiger partial charge in [-0.05, 0) is 25.1 Å². The highest BCUT2D eigenvalue weighted by molar-refractivity contribution is 7.89. The molecule has 5 nitrogen and oxygen atoms in total. The van der Waals surface area contributed by atoms with Gasteiger partial charge in [0.25, 0.3) is 10.0 Å². The van der Waals surface area contributed by atoms with Crippen molar-refractivity contribution in [2.24, 2.45) is 10.7 Å². The lowest BCUT2D eigenvalue weighted by Crippen LogP contribution is -2.19.